The van der Waals surface area contributed by atoms with E-state index in [-0.39, 0.29) is 10.8 Å². The molecule has 0 radical (unpaired) electrons. The summed E-state index contributed by atoms with van der Waals surface area (Å²) in [5, 5.41) is 3.23. The van der Waals surface area contributed by atoms with E-state index in [2.05, 4.69) is 10.0 Å². The van der Waals surface area contributed by atoms with Crippen molar-refractivity contribution in [1.82, 2.24) is 0 Å². The Morgan fingerprint density at radius 1 is 0.931 bits per heavy atom. The highest BCUT2D eigenvalue weighted by Crippen LogP contribution is 2.19. The number of halogens is 1. The first-order chi connectivity index (χ1) is 13.8. The van der Waals surface area contributed by atoms with Gasteiger partial charge in [-0.25, -0.2) is 8.42 Å². The fraction of sp³-hybridized carbons (Fsp3) is 0.0455. The van der Waals surface area contributed by atoms with Crippen molar-refractivity contribution in [2.75, 3.05) is 10.0 Å². The molecule has 0 atom stereocenters. The number of amides is 1. The number of benzene rings is 3. The maximum atomic E-state index is 12.5. The molecule has 3 aromatic rings. The molecule has 29 heavy (non-hydrogen) atoms. The van der Waals surface area contributed by atoms with E-state index in [4.69, 9.17) is 11.6 Å². The summed E-state index contributed by atoms with van der Waals surface area (Å²) < 4.78 is 27.6. The van der Waals surface area contributed by atoms with Gasteiger partial charge in [-0.05, 0) is 66.6 Å². The SMILES string of the molecule is Cc1cccc(NS(=O)(=O)c2ccc(NC(=O)/C=C/c3ccccc3Cl)cc2)c1. The van der Waals surface area contributed by atoms with Gasteiger partial charge in [-0.3, -0.25) is 9.52 Å². The zero-order valence-electron chi connectivity index (χ0n) is 15.6. The van der Waals surface area contributed by atoms with Gasteiger partial charge in [0.15, 0.2) is 0 Å². The Hall–Kier alpha value is -3.09. The van der Waals surface area contributed by atoms with Crippen molar-refractivity contribution < 1.29 is 13.2 Å². The lowest BCUT2D eigenvalue weighted by Crippen LogP contribution is -2.13. The highest BCUT2D eigenvalue weighted by molar-refractivity contribution is 7.92. The summed E-state index contributed by atoms with van der Waals surface area (Å²) in [5.41, 5.74) is 2.65. The summed E-state index contributed by atoms with van der Waals surface area (Å²) in [4.78, 5) is 12.2. The van der Waals surface area contributed by atoms with Crippen LogP contribution in [-0.2, 0) is 14.8 Å². The summed E-state index contributed by atoms with van der Waals surface area (Å²) in [7, 11) is -3.72. The Balaban J connectivity index is 1.66. The second kappa shape index (κ2) is 8.94. The highest BCUT2D eigenvalue weighted by atomic mass is 35.5. The van der Waals surface area contributed by atoms with Crippen molar-refractivity contribution in [3.63, 3.8) is 0 Å². The lowest BCUT2D eigenvalue weighted by atomic mass is 10.2. The fourth-order valence-electron chi connectivity index (χ4n) is 2.60. The fourth-order valence-corrected chi connectivity index (χ4v) is 3.85. The van der Waals surface area contributed by atoms with Crippen LogP contribution in [0.2, 0.25) is 5.02 Å². The van der Waals surface area contributed by atoms with Gasteiger partial charge in [0.05, 0.1) is 4.90 Å². The summed E-state index contributed by atoms with van der Waals surface area (Å²) >= 11 is 6.05. The first-order valence-electron chi connectivity index (χ1n) is 8.77. The molecule has 2 N–H and O–H groups in total. The van der Waals surface area contributed by atoms with Gasteiger partial charge in [-0.1, -0.05) is 41.9 Å². The Bertz CT molecular complexity index is 1160. The molecule has 0 aromatic heterocycles. The van der Waals surface area contributed by atoms with Crippen molar-refractivity contribution in [2.24, 2.45) is 0 Å². The minimum Gasteiger partial charge on any atom is -0.323 e. The molecule has 0 aliphatic heterocycles. The molecule has 0 unspecified atom stereocenters. The number of hydrogen-bond donors (Lipinski definition) is 2. The molecule has 0 aliphatic rings. The van der Waals surface area contributed by atoms with E-state index >= 15 is 0 Å². The van der Waals surface area contributed by atoms with Gasteiger partial charge in [0, 0.05) is 22.5 Å². The summed E-state index contributed by atoms with van der Waals surface area (Å²) in [6, 6.07) is 20.2. The third kappa shape index (κ3) is 5.70. The van der Waals surface area contributed by atoms with E-state index < -0.39 is 10.0 Å². The summed E-state index contributed by atoms with van der Waals surface area (Å²) in [5.74, 6) is -0.349. The molecular formula is C22H19ClN2O3S. The maximum Gasteiger partial charge on any atom is 0.261 e. The Morgan fingerprint density at radius 2 is 1.66 bits per heavy atom. The molecule has 7 heteroatoms. The number of aryl methyl sites for hydroxylation is 1. The number of nitrogens with one attached hydrogen (secondary N) is 2. The molecule has 0 bridgehead atoms. The molecule has 1 amide bonds. The summed E-state index contributed by atoms with van der Waals surface area (Å²) in [6.07, 6.45) is 2.98. The van der Waals surface area contributed by atoms with Crippen LogP contribution >= 0.6 is 11.6 Å². The third-order valence-corrected chi connectivity index (χ3v) is 5.76. The van der Waals surface area contributed by atoms with Crippen molar-refractivity contribution in [3.05, 3.63) is 95.0 Å². The van der Waals surface area contributed by atoms with Crippen LogP contribution in [0.4, 0.5) is 11.4 Å². The molecule has 0 fully saturated rings. The average Bonchev–Trinajstić information content (AvgIpc) is 2.67. The van der Waals surface area contributed by atoms with Crippen molar-refractivity contribution in [2.45, 2.75) is 11.8 Å². The van der Waals surface area contributed by atoms with Crippen molar-refractivity contribution in [3.8, 4) is 0 Å². The molecule has 0 spiro atoms. The van der Waals surface area contributed by atoms with Crippen LogP contribution in [0.1, 0.15) is 11.1 Å². The number of carbonyl (C=O) groups is 1. The van der Waals surface area contributed by atoms with E-state index in [1.54, 1.807) is 36.4 Å². The predicted octanol–water partition coefficient (Wildman–Crippen LogP) is 5.10. The predicted molar refractivity (Wildman–Crippen MR) is 118 cm³/mol. The Labute approximate surface area is 175 Å². The minimum atomic E-state index is -3.72. The van der Waals surface area contributed by atoms with Gasteiger partial charge in [0.1, 0.15) is 0 Å². The highest BCUT2D eigenvalue weighted by Gasteiger charge is 2.14. The van der Waals surface area contributed by atoms with Crippen LogP contribution in [0.25, 0.3) is 6.08 Å². The first kappa shape index (κ1) is 20.6. The number of rotatable bonds is 6. The monoisotopic (exact) mass is 426 g/mol. The van der Waals surface area contributed by atoms with Gasteiger partial charge in [0.25, 0.3) is 10.0 Å². The van der Waals surface area contributed by atoms with Crippen LogP contribution in [0.5, 0.6) is 0 Å². The van der Waals surface area contributed by atoms with Crippen LogP contribution in [-0.4, -0.2) is 14.3 Å². The topological polar surface area (TPSA) is 75.3 Å². The number of anilines is 2. The molecule has 148 valence electrons. The maximum absolute atomic E-state index is 12.5. The second-order valence-electron chi connectivity index (χ2n) is 6.34. The van der Waals surface area contributed by atoms with E-state index in [1.807, 2.05) is 25.1 Å². The smallest absolute Gasteiger partial charge is 0.261 e. The van der Waals surface area contributed by atoms with Gasteiger partial charge in [0.2, 0.25) is 5.91 Å². The zero-order chi connectivity index (χ0) is 20.9. The minimum absolute atomic E-state index is 0.101. The van der Waals surface area contributed by atoms with E-state index in [0.29, 0.717) is 16.4 Å². The first-order valence-corrected chi connectivity index (χ1v) is 10.6. The standard InChI is InChI=1S/C22H19ClN2O3S/c1-16-5-4-7-19(15-16)25-29(27,28)20-12-10-18(11-13-20)24-22(26)14-9-17-6-2-3-8-21(17)23/h2-15,25H,1H3,(H,24,26)/b14-9+. The Morgan fingerprint density at radius 3 is 2.34 bits per heavy atom. The average molecular weight is 427 g/mol. The van der Waals surface area contributed by atoms with Crippen molar-refractivity contribution in [1.29, 1.82) is 0 Å². The van der Waals surface area contributed by atoms with Gasteiger partial charge in [-0.15, -0.1) is 0 Å². The van der Waals surface area contributed by atoms with Crippen LogP contribution in [0.15, 0.2) is 83.8 Å². The lowest BCUT2D eigenvalue weighted by Gasteiger charge is -2.09. The molecule has 0 saturated carbocycles. The van der Waals surface area contributed by atoms with Crippen molar-refractivity contribution >= 4 is 45.0 Å². The zero-order valence-corrected chi connectivity index (χ0v) is 17.2. The lowest BCUT2D eigenvalue weighted by molar-refractivity contribution is -0.111. The quantitative estimate of drug-likeness (QED) is 0.538. The number of hydrogen-bond acceptors (Lipinski definition) is 3. The molecule has 5 nitrogen and oxygen atoms in total. The molecule has 0 aliphatic carbocycles. The normalized spacial score (nSPS) is 11.4. The van der Waals surface area contributed by atoms with E-state index in [9.17, 15) is 13.2 Å². The molecule has 0 saturated heterocycles. The molecular weight excluding hydrogens is 408 g/mol. The van der Waals surface area contributed by atoms with Gasteiger partial charge in [-0.2, -0.15) is 0 Å². The molecule has 3 aromatic carbocycles. The number of sulfonamides is 1. The van der Waals surface area contributed by atoms with Gasteiger partial charge >= 0.3 is 0 Å². The van der Waals surface area contributed by atoms with Crippen LogP contribution < -0.4 is 10.0 Å². The third-order valence-electron chi connectivity index (χ3n) is 4.02. The largest absolute Gasteiger partial charge is 0.323 e. The second-order valence-corrected chi connectivity index (χ2v) is 8.43. The van der Waals surface area contributed by atoms with Gasteiger partial charge < -0.3 is 5.32 Å². The summed E-state index contributed by atoms with van der Waals surface area (Å²) in [6.45, 7) is 1.88. The van der Waals surface area contributed by atoms with E-state index in [1.165, 1.54) is 30.3 Å². The number of carbonyl (C=O) groups excluding carboxylic acids is 1. The Kier molecular flexibility index (Phi) is 6.36. The van der Waals surface area contributed by atoms with E-state index in [0.717, 1.165) is 11.1 Å². The molecule has 3 rings (SSSR count). The van der Waals surface area contributed by atoms with Crippen LogP contribution in [0.3, 0.4) is 0 Å². The molecule has 0 heterocycles. The van der Waals surface area contributed by atoms with Crippen LogP contribution in [0, 0.1) is 6.92 Å².